The van der Waals surface area contributed by atoms with E-state index in [0.29, 0.717) is 26.2 Å². The Morgan fingerprint density at radius 3 is 1.54 bits per heavy atom. The first kappa shape index (κ1) is 30.0. The van der Waals surface area contributed by atoms with E-state index in [1.165, 1.54) is 11.1 Å². The third kappa shape index (κ3) is 4.89. The molecule has 0 amide bonds. The van der Waals surface area contributed by atoms with E-state index in [1.807, 2.05) is 12.1 Å². The number of benzene rings is 3. The number of para-hydroxylation sites is 2. The highest BCUT2D eigenvalue weighted by atomic mass is 31.3. The molecule has 4 unspecified atom stereocenters. The van der Waals surface area contributed by atoms with Crippen molar-refractivity contribution in [3.63, 3.8) is 0 Å². The van der Waals surface area contributed by atoms with Gasteiger partial charge in [0.05, 0.1) is 0 Å². The topological polar surface area (TPSA) is 105 Å². The standard InChI is InChI=1S/C30H40N10O2P4/c1-37-18-8-16-31-43(37)33-45-35-44(32-17-9-19-38(44)2)36-46(34-43)40(24-28-13-4-6-15-30(28)42-46)22-26-11-7-10-25(20-26)21-39(45)23-27-12-3-5-14-29(27)41-45/h3-7,10-15,20,31-32H,8-9,16-19,21-24H2,1-2H3. The van der Waals surface area contributed by atoms with E-state index in [4.69, 9.17) is 27.1 Å². The van der Waals surface area contributed by atoms with Gasteiger partial charge in [-0.05, 0) is 50.2 Å². The molecule has 10 rings (SSSR count). The molecule has 242 valence electrons. The van der Waals surface area contributed by atoms with Gasteiger partial charge in [0.2, 0.25) is 15.0 Å². The molecule has 3 aromatic rings. The average Bonchev–Trinajstić information content (AvgIpc) is 3.04. The zero-order chi connectivity index (χ0) is 31.0. The zero-order valence-corrected chi connectivity index (χ0v) is 29.8. The molecular formula is C30H40N10O2P4. The maximum atomic E-state index is 7.27. The first-order chi connectivity index (χ1) is 22.4. The second-order valence-electron chi connectivity index (χ2n) is 12.7. The van der Waals surface area contributed by atoms with Crippen molar-refractivity contribution in [2.45, 2.75) is 39.0 Å². The maximum absolute atomic E-state index is 7.27. The van der Waals surface area contributed by atoms with Gasteiger partial charge in [-0.3, -0.25) is 10.2 Å². The molecule has 7 aliphatic heterocycles. The van der Waals surface area contributed by atoms with Crippen molar-refractivity contribution in [1.82, 2.24) is 28.9 Å². The molecule has 0 aromatic heterocycles. The molecule has 7 aliphatic rings. The molecule has 4 bridgehead atoms. The van der Waals surface area contributed by atoms with E-state index in [1.54, 1.807) is 0 Å². The predicted molar refractivity (Wildman–Crippen MR) is 187 cm³/mol. The number of hydrogen-bond donors (Lipinski definition) is 2. The van der Waals surface area contributed by atoms with Crippen molar-refractivity contribution >= 4 is 30.2 Å². The Morgan fingerprint density at radius 2 is 1.07 bits per heavy atom. The second-order valence-corrected chi connectivity index (χ2v) is 23.4. The molecule has 46 heavy (non-hydrogen) atoms. The third-order valence-electron chi connectivity index (χ3n) is 9.43. The number of nitrogens with one attached hydrogen (secondary N) is 2. The molecule has 16 heteroatoms. The highest BCUT2D eigenvalue weighted by molar-refractivity contribution is 7.82. The molecule has 12 nitrogen and oxygen atoms in total. The Labute approximate surface area is 271 Å². The first-order valence-electron chi connectivity index (χ1n) is 16.0. The largest absolute Gasteiger partial charge is 0.430 e. The van der Waals surface area contributed by atoms with Crippen molar-refractivity contribution in [1.29, 1.82) is 0 Å². The van der Waals surface area contributed by atoms with Gasteiger partial charge in [0.25, 0.3) is 0 Å². The Kier molecular flexibility index (Phi) is 7.34. The molecule has 4 atom stereocenters. The molecule has 0 aliphatic carbocycles. The lowest BCUT2D eigenvalue weighted by molar-refractivity contribution is 0.354. The van der Waals surface area contributed by atoms with Crippen LogP contribution in [0.25, 0.3) is 0 Å². The van der Waals surface area contributed by atoms with E-state index in [9.17, 15) is 0 Å². The fraction of sp³-hybridized carbons (Fsp3) is 0.400. The van der Waals surface area contributed by atoms with Crippen LogP contribution in [0.15, 0.2) is 90.9 Å². The van der Waals surface area contributed by atoms with Crippen LogP contribution in [0.4, 0.5) is 0 Å². The smallest absolute Gasteiger partial charge is 0.334 e. The molecule has 7 heterocycles. The van der Waals surface area contributed by atoms with E-state index in [-0.39, 0.29) is 0 Å². The minimum atomic E-state index is -3.11. The summed E-state index contributed by atoms with van der Waals surface area (Å²) in [6.07, 6.45) is 2.03. The van der Waals surface area contributed by atoms with Crippen LogP contribution >= 0.6 is 30.2 Å². The average molecular weight is 697 g/mol. The minimum Gasteiger partial charge on any atom is -0.430 e. The van der Waals surface area contributed by atoms with Crippen LogP contribution in [0.1, 0.15) is 35.1 Å². The summed E-state index contributed by atoms with van der Waals surface area (Å²) in [7, 11) is -7.56. The summed E-state index contributed by atoms with van der Waals surface area (Å²) >= 11 is 0. The van der Waals surface area contributed by atoms with Gasteiger partial charge in [-0.25, -0.2) is 18.7 Å². The van der Waals surface area contributed by atoms with Gasteiger partial charge >= 0.3 is 15.2 Å². The fourth-order valence-corrected chi connectivity index (χ4v) is 24.3. The summed E-state index contributed by atoms with van der Waals surface area (Å²) in [6.45, 7) is 6.07. The Bertz CT molecular complexity index is 1830. The maximum Gasteiger partial charge on any atom is 0.334 e. The summed E-state index contributed by atoms with van der Waals surface area (Å²) in [5.74, 6) is 1.70. The van der Waals surface area contributed by atoms with Gasteiger partial charge < -0.3 is 9.05 Å². The van der Waals surface area contributed by atoms with Gasteiger partial charge in [-0.1, -0.05) is 60.7 Å². The highest BCUT2D eigenvalue weighted by Gasteiger charge is 2.50. The van der Waals surface area contributed by atoms with Crippen molar-refractivity contribution in [3.8, 4) is 11.5 Å². The van der Waals surface area contributed by atoms with Gasteiger partial charge in [-0.2, -0.15) is 18.1 Å². The van der Waals surface area contributed by atoms with Crippen molar-refractivity contribution in [2.75, 3.05) is 40.3 Å². The van der Waals surface area contributed by atoms with Crippen molar-refractivity contribution in [3.05, 3.63) is 95.1 Å². The Morgan fingerprint density at radius 1 is 0.587 bits per heavy atom. The summed E-state index contributed by atoms with van der Waals surface area (Å²) in [5.41, 5.74) is 4.74. The van der Waals surface area contributed by atoms with Crippen LogP contribution in [0.2, 0.25) is 0 Å². The lowest BCUT2D eigenvalue weighted by Crippen LogP contribution is -2.37. The van der Waals surface area contributed by atoms with Gasteiger partial charge in [0, 0.05) is 63.5 Å². The number of rotatable bonds is 0. The molecular weight excluding hydrogens is 656 g/mol. The van der Waals surface area contributed by atoms with Gasteiger partial charge in [-0.15, -0.1) is 0 Å². The van der Waals surface area contributed by atoms with Crippen molar-refractivity contribution < 1.29 is 9.05 Å². The van der Waals surface area contributed by atoms with Gasteiger partial charge in [0.15, 0.2) is 0 Å². The molecule has 4 spiro atoms. The third-order valence-corrected chi connectivity index (χ3v) is 23.7. The Hall–Kier alpha value is -2.06. The summed E-state index contributed by atoms with van der Waals surface area (Å²) in [4.78, 5) is 0. The van der Waals surface area contributed by atoms with Crippen LogP contribution in [0.5, 0.6) is 11.5 Å². The normalized spacial score (nSPS) is 34.3. The van der Waals surface area contributed by atoms with E-state index >= 15 is 0 Å². The van der Waals surface area contributed by atoms with Crippen LogP contribution < -0.4 is 19.2 Å². The Balaban J connectivity index is 1.44. The van der Waals surface area contributed by atoms with Gasteiger partial charge in [0.1, 0.15) is 11.5 Å². The molecule has 0 radical (unpaired) electrons. The van der Waals surface area contributed by atoms with Crippen LogP contribution in [0, 0.1) is 0 Å². The van der Waals surface area contributed by atoms with Crippen LogP contribution in [-0.2, 0) is 26.2 Å². The summed E-state index contributed by atoms with van der Waals surface area (Å²) < 4.78 is 47.8. The lowest BCUT2D eigenvalue weighted by atomic mass is 10.1. The van der Waals surface area contributed by atoms with E-state index < -0.39 is 30.2 Å². The van der Waals surface area contributed by atoms with E-state index in [2.05, 4.69) is 104 Å². The first-order valence-corrected chi connectivity index (χ1v) is 22.4. The zero-order valence-electron chi connectivity index (χ0n) is 26.2. The molecule has 2 N–H and O–H groups in total. The number of fused-ring (bicyclic) bond motifs is 2. The molecule has 2 saturated heterocycles. The quantitative estimate of drug-likeness (QED) is 0.227. The highest BCUT2D eigenvalue weighted by Crippen LogP contribution is 2.81. The van der Waals surface area contributed by atoms with Crippen LogP contribution in [-0.4, -0.2) is 59.0 Å². The monoisotopic (exact) mass is 696 g/mol. The lowest BCUT2D eigenvalue weighted by Gasteiger charge is -2.48. The minimum absolute atomic E-state index is 0.663. The molecule has 3 aromatic carbocycles. The van der Waals surface area contributed by atoms with Crippen LogP contribution in [0.3, 0.4) is 0 Å². The fourth-order valence-electron chi connectivity index (χ4n) is 6.96. The summed E-state index contributed by atoms with van der Waals surface area (Å²) in [6, 6.07) is 25.7. The second kappa shape index (κ2) is 11.2. The summed E-state index contributed by atoms with van der Waals surface area (Å²) in [5, 5.41) is 7.76. The number of nitrogens with zero attached hydrogens (tertiary/aromatic N) is 8. The van der Waals surface area contributed by atoms with Crippen molar-refractivity contribution in [2.24, 2.45) is 18.1 Å². The molecule has 0 saturated carbocycles. The number of hydrogen-bond acceptors (Lipinski definition) is 12. The predicted octanol–water partition coefficient (Wildman–Crippen LogP) is 8.14. The molecule has 2 fully saturated rings. The van der Waals surface area contributed by atoms with E-state index in [0.717, 1.165) is 61.6 Å². The SMILES string of the molecule is CN1CCCNP12=NP13=NP4(=NP5(=N2)Oc2ccccc2CN5Cc2cccc(c2)CN1Cc1ccccc1O3)NCCCN4C.